The lowest BCUT2D eigenvalue weighted by Crippen LogP contribution is -2.65. The van der Waals surface area contributed by atoms with E-state index in [1.54, 1.807) is 0 Å². The quantitative estimate of drug-likeness (QED) is 0.0259. The fourth-order valence-corrected chi connectivity index (χ4v) is 15.5. The van der Waals surface area contributed by atoms with E-state index in [1.165, 1.54) is 379 Å². The van der Waals surface area contributed by atoms with Crippen molar-refractivity contribution < 1.29 is 64.6 Å². The molecule has 2 fully saturated rings. The van der Waals surface area contributed by atoms with Crippen LogP contribution in [0.1, 0.15) is 457 Å². The van der Waals surface area contributed by atoms with Crippen LogP contribution in [0.15, 0.2) is 0 Å². The predicted molar refractivity (Wildman–Crippen MR) is 420 cm³/mol. The highest BCUT2D eigenvalue weighted by Gasteiger charge is 2.51. The molecule has 0 aromatic rings. The minimum atomic E-state index is -1.78. The van der Waals surface area contributed by atoms with Crippen LogP contribution < -0.4 is 5.32 Å². The van der Waals surface area contributed by atoms with Gasteiger partial charge in [-0.25, -0.2) is 0 Å². The molecule has 0 aliphatic carbocycles. The van der Waals surface area contributed by atoms with E-state index in [0.717, 1.165) is 51.4 Å². The molecule has 101 heavy (non-hydrogen) atoms. The summed E-state index contributed by atoms with van der Waals surface area (Å²) in [5, 5.41) is 88.0. The molecule has 2 rings (SSSR count). The van der Waals surface area contributed by atoms with E-state index in [9.17, 15) is 45.6 Å². The molecule has 2 aliphatic heterocycles. The number of amides is 1. The van der Waals surface area contributed by atoms with Crippen LogP contribution in [0.3, 0.4) is 0 Å². The van der Waals surface area contributed by atoms with Gasteiger partial charge >= 0.3 is 0 Å². The fourth-order valence-electron chi connectivity index (χ4n) is 15.5. The third-order valence-electron chi connectivity index (χ3n) is 22.6. The second kappa shape index (κ2) is 71.9. The Bertz CT molecular complexity index is 1700. The van der Waals surface area contributed by atoms with Crippen molar-refractivity contribution in [3.63, 3.8) is 0 Å². The summed E-state index contributed by atoms with van der Waals surface area (Å²) in [7, 11) is 0. The first kappa shape index (κ1) is 96.1. The molecular weight excluding hydrogens is 1270 g/mol. The molecule has 0 radical (unpaired) electrons. The lowest BCUT2D eigenvalue weighted by molar-refractivity contribution is -0.359. The summed E-state index contributed by atoms with van der Waals surface area (Å²) in [4.78, 5) is 13.4. The third-order valence-corrected chi connectivity index (χ3v) is 22.6. The molecule has 9 N–H and O–H groups in total. The highest BCUT2D eigenvalue weighted by atomic mass is 16.7. The minimum Gasteiger partial charge on any atom is -0.394 e. The number of unbranched alkanes of at least 4 members (excludes halogenated alkanes) is 65. The maximum Gasteiger partial charge on any atom is 0.220 e. The Morgan fingerprint density at radius 3 is 0.842 bits per heavy atom. The number of carbonyl (C=O) groups is 1. The SMILES string of the molecule is CCCCCCCCCCCCCCCCCCCCCCCCCCCCCCCCCCCCCCCCCCCC(=O)NC(COC1OC(CO)C(OC2OC(CO)C(O)C(O)C2O)C(O)C1O)C(O)CCCCCCCCCCCCCCCCCCCCCCCCCCCC. The maximum atomic E-state index is 13.4. The van der Waals surface area contributed by atoms with Crippen LogP contribution in [0.25, 0.3) is 0 Å². The largest absolute Gasteiger partial charge is 0.394 e. The summed E-state index contributed by atoms with van der Waals surface area (Å²) in [6.45, 7) is 2.96. The van der Waals surface area contributed by atoms with Gasteiger partial charge in [-0.15, -0.1) is 0 Å². The van der Waals surface area contributed by atoms with Gasteiger partial charge in [0.2, 0.25) is 5.91 Å². The number of rotatable bonds is 78. The highest BCUT2D eigenvalue weighted by molar-refractivity contribution is 5.76. The average Bonchev–Trinajstić information content (AvgIpc) is 0.792. The van der Waals surface area contributed by atoms with Gasteiger partial charge in [-0.05, 0) is 12.8 Å². The number of nitrogens with one attached hydrogen (secondary N) is 1. The van der Waals surface area contributed by atoms with Crippen molar-refractivity contribution >= 4 is 5.91 Å². The molecular formula is C87H171NO13. The molecule has 12 atom stereocenters. The van der Waals surface area contributed by atoms with E-state index in [1.807, 2.05) is 0 Å². The molecule has 2 aliphatic rings. The van der Waals surface area contributed by atoms with Crippen LogP contribution in [-0.2, 0) is 23.7 Å². The van der Waals surface area contributed by atoms with Crippen LogP contribution >= 0.6 is 0 Å². The fraction of sp³-hybridized carbons (Fsp3) is 0.989. The molecule has 0 aromatic carbocycles. The molecule has 602 valence electrons. The molecule has 12 unspecified atom stereocenters. The van der Waals surface area contributed by atoms with Crippen LogP contribution in [0.4, 0.5) is 0 Å². The maximum absolute atomic E-state index is 13.4. The molecule has 0 aromatic heterocycles. The Morgan fingerprint density at radius 1 is 0.317 bits per heavy atom. The zero-order chi connectivity index (χ0) is 73.0. The molecule has 2 heterocycles. The van der Waals surface area contributed by atoms with E-state index in [4.69, 9.17) is 18.9 Å². The Hall–Kier alpha value is -1.01. The topological polar surface area (TPSA) is 228 Å². The van der Waals surface area contributed by atoms with Crippen LogP contribution in [0.5, 0.6) is 0 Å². The number of carbonyl (C=O) groups excluding carboxylic acids is 1. The minimum absolute atomic E-state index is 0.194. The van der Waals surface area contributed by atoms with Gasteiger partial charge in [0.05, 0.1) is 32.0 Å². The lowest BCUT2D eigenvalue weighted by atomic mass is 9.97. The van der Waals surface area contributed by atoms with E-state index in [0.29, 0.717) is 12.8 Å². The Labute approximate surface area is 623 Å². The predicted octanol–water partition coefficient (Wildman–Crippen LogP) is 21.4. The van der Waals surface area contributed by atoms with Gasteiger partial charge in [0.25, 0.3) is 0 Å². The zero-order valence-electron chi connectivity index (χ0n) is 66.5. The number of hydrogen-bond acceptors (Lipinski definition) is 13. The second-order valence-electron chi connectivity index (χ2n) is 32.1. The smallest absolute Gasteiger partial charge is 0.220 e. The van der Waals surface area contributed by atoms with Crippen LogP contribution in [0.2, 0.25) is 0 Å². The van der Waals surface area contributed by atoms with Gasteiger partial charge in [-0.1, -0.05) is 438 Å². The van der Waals surface area contributed by atoms with Gasteiger partial charge in [0, 0.05) is 6.42 Å². The van der Waals surface area contributed by atoms with E-state index >= 15 is 0 Å². The first-order valence-corrected chi connectivity index (χ1v) is 44.8. The van der Waals surface area contributed by atoms with Crippen LogP contribution in [-0.4, -0.2) is 140 Å². The molecule has 14 nitrogen and oxygen atoms in total. The standard InChI is InChI=1S/C87H171NO13/c1-3-5-7-9-11-13-15-17-19-21-23-25-27-29-31-32-33-34-35-36-37-38-39-40-41-42-43-44-45-47-49-51-53-55-57-59-61-63-65-67-69-71-79(92)88-75(74-98-86-84(97)82(95)85(78(73-90)100-86)101-87-83(96)81(94)80(93)77(72-89)99-87)76(91)70-68-66-64-62-60-58-56-54-52-50-48-46-30-28-26-24-22-20-18-16-14-12-10-8-6-4-2/h75-78,80-87,89-91,93-97H,3-74H2,1-2H3,(H,88,92). The van der Waals surface area contributed by atoms with Crippen molar-refractivity contribution in [2.45, 2.75) is 530 Å². The molecule has 2 saturated heterocycles. The van der Waals surface area contributed by atoms with Crippen LogP contribution in [0, 0.1) is 0 Å². The van der Waals surface area contributed by atoms with Crippen molar-refractivity contribution in [2.24, 2.45) is 0 Å². The van der Waals surface area contributed by atoms with Crippen molar-refractivity contribution in [1.29, 1.82) is 0 Å². The number of hydrogen-bond donors (Lipinski definition) is 9. The molecule has 0 spiro atoms. The van der Waals surface area contributed by atoms with Crippen molar-refractivity contribution in [3.05, 3.63) is 0 Å². The normalized spacial score (nSPS) is 21.6. The average molecular weight is 1440 g/mol. The highest BCUT2D eigenvalue weighted by Crippen LogP contribution is 2.31. The van der Waals surface area contributed by atoms with Gasteiger partial charge in [0.1, 0.15) is 48.8 Å². The Balaban J connectivity index is 1.53. The lowest BCUT2D eigenvalue weighted by Gasteiger charge is -2.46. The van der Waals surface area contributed by atoms with Gasteiger partial charge in [0.15, 0.2) is 12.6 Å². The Morgan fingerprint density at radius 2 is 0.564 bits per heavy atom. The third kappa shape index (κ3) is 54.3. The summed E-state index contributed by atoms with van der Waals surface area (Å²) in [5.74, 6) is -0.194. The summed E-state index contributed by atoms with van der Waals surface area (Å²) in [6, 6.07) is -0.826. The molecule has 0 saturated carbocycles. The van der Waals surface area contributed by atoms with E-state index in [-0.39, 0.29) is 12.5 Å². The van der Waals surface area contributed by atoms with E-state index < -0.39 is 86.8 Å². The summed E-state index contributed by atoms with van der Waals surface area (Å²) in [5.41, 5.74) is 0. The Kier molecular flexibility index (Phi) is 68.4. The van der Waals surface area contributed by atoms with Gasteiger partial charge in [-0.3, -0.25) is 4.79 Å². The van der Waals surface area contributed by atoms with E-state index in [2.05, 4.69) is 19.2 Å². The molecule has 1 amide bonds. The number of aliphatic hydroxyl groups excluding tert-OH is 8. The van der Waals surface area contributed by atoms with Crippen molar-refractivity contribution in [3.8, 4) is 0 Å². The summed E-state index contributed by atoms with van der Waals surface area (Å²) >= 11 is 0. The van der Waals surface area contributed by atoms with Gasteiger partial charge < -0.3 is 65.1 Å². The van der Waals surface area contributed by atoms with Crippen molar-refractivity contribution in [2.75, 3.05) is 19.8 Å². The molecule has 0 bridgehead atoms. The van der Waals surface area contributed by atoms with Gasteiger partial charge in [-0.2, -0.15) is 0 Å². The summed E-state index contributed by atoms with van der Waals surface area (Å²) in [6.07, 6.45) is 74.8. The summed E-state index contributed by atoms with van der Waals surface area (Å²) < 4.78 is 23.0. The molecule has 14 heteroatoms. The van der Waals surface area contributed by atoms with Crippen molar-refractivity contribution in [1.82, 2.24) is 5.32 Å². The first-order valence-electron chi connectivity index (χ1n) is 44.8. The monoisotopic (exact) mass is 1440 g/mol. The first-order chi connectivity index (χ1) is 49.6. The number of ether oxygens (including phenoxy) is 4. The number of aliphatic hydroxyl groups is 8. The second-order valence-corrected chi connectivity index (χ2v) is 32.1. The zero-order valence-corrected chi connectivity index (χ0v) is 66.5.